The third-order valence-electron chi connectivity index (χ3n) is 5.08. The second-order valence-corrected chi connectivity index (χ2v) is 6.62. The predicted octanol–water partition coefficient (Wildman–Crippen LogP) is 2.05. The van der Waals surface area contributed by atoms with Crippen molar-refractivity contribution in [2.75, 3.05) is 13.1 Å². The van der Waals surface area contributed by atoms with Gasteiger partial charge in [-0.1, -0.05) is 18.6 Å². The van der Waals surface area contributed by atoms with Crippen LogP contribution in [0.4, 0.5) is 0 Å². The van der Waals surface area contributed by atoms with Crippen LogP contribution in [0, 0.1) is 0 Å². The third kappa shape index (κ3) is 3.83. The van der Waals surface area contributed by atoms with E-state index in [-0.39, 0.29) is 0 Å². The van der Waals surface area contributed by atoms with Gasteiger partial charge in [-0.3, -0.25) is 9.58 Å². The molecule has 5 heteroatoms. The first kappa shape index (κ1) is 15.0. The Morgan fingerprint density at radius 1 is 1.19 bits per heavy atom. The lowest BCUT2D eigenvalue weighted by atomic mass is 9.81. The van der Waals surface area contributed by atoms with Gasteiger partial charge < -0.3 is 5.32 Å². The molecular formula is C16H29N5. The first-order chi connectivity index (χ1) is 10.4. The maximum absolute atomic E-state index is 4.06. The highest BCUT2D eigenvalue weighted by molar-refractivity contribution is 4.94. The number of piperidine rings is 2. The fourth-order valence-corrected chi connectivity index (χ4v) is 4.13. The van der Waals surface area contributed by atoms with E-state index in [2.05, 4.69) is 27.5 Å². The summed E-state index contributed by atoms with van der Waals surface area (Å²) in [5.41, 5.74) is 0. The topological polar surface area (TPSA) is 46.0 Å². The third-order valence-corrected chi connectivity index (χ3v) is 5.08. The number of fused-ring (bicyclic) bond motifs is 2. The maximum Gasteiger partial charge on any atom is 0.0692 e. The largest absolute Gasteiger partial charge is 0.314 e. The van der Waals surface area contributed by atoms with Gasteiger partial charge in [0.15, 0.2) is 0 Å². The molecule has 21 heavy (non-hydrogen) atoms. The minimum atomic E-state index is 0.756. The first-order valence-electron chi connectivity index (χ1n) is 8.70. The molecule has 2 atom stereocenters. The highest BCUT2D eigenvalue weighted by Crippen LogP contribution is 2.34. The minimum Gasteiger partial charge on any atom is -0.314 e. The summed E-state index contributed by atoms with van der Waals surface area (Å²) in [7, 11) is 0. The second kappa shape index (κ2) is 7.36. The summed E-state index contributed by atoms with van der Waals surface area (Å²) < 4.78 is 1.95. The zero-order valence-corrected chi connectivity index (χ0v) is 13.2. The van der Waals surface area contributed by atoms with Crippen LogP contribution >= 0.6 is 0 Å². The summed E-state index contributed by atoms with van der Waals surface area (Å²) in [6.07, 6.45) is 13.1. The summed E-state index contributed by atoms with van der Waals surface area (Å²) >= 11 is 0. The van der Waals surface area contributed by atoms with Crippen LogP contribution in [0.15, 0.2) is 12.4 Å². The Morgan fingerprint density at radius 3 is 2.67 bits per heavy atom. The van der Waals surface area contributed by atoms with Gasteiger partial charge in [0.25, 0.3) is 0 Å². The number of nitrogens with one attached hydrogen (secondary N) is 1. The molecule has 3 rings (SSSR count). The zero-order chi connectivity index (χ0) is 14.5. The highest BCUT2D eigenvalue weighted by Gasteiger charge is 2.37. The van der Waals surface area contributed by atoms with E-state index in [1.807, 2.05) is 10.9 Å². The Bertz CT molecular complexity index is 391. The number of rotatable bonds is 7. The quantitative estimate of drug-likeness (QED) is 0.835. The Labute approximate surface area is 128 Å². The van der Waals surface area contributed by atoms with Crippen molar-refractivity contribution in [2.24, 2.45) is 0 Å². The number of aryl methyl sites for hydroxylation is 1. The van der Waals surface area contributed by atoms with Crippen LogP contribution in [0.25, 0.3) is 0 Å². The van der Waals surface area contributed by atoms with Gasteiger partial charge in [0.05, 0.1) is 6.20 Å². The number of hydrogen-bond acceptors (Lipinski definition) is 4. The molecule has 0 amide bonds. The Hall–Kier alpha value is -0.940. The van der Waals surface area contributed by atoms with Gasteiger partial charge >= 0.3 is 0 Å². The van der Waals surface area contributed by atoms with Crippen molar-refractivity contribution in [1.29, 1.82) is 0 Å². The van der Waals surface area contributed by atoms with E-state index in [0.717, 1.165) is 24.7 Å². The molecule has 0 saturated carbocycles. The van der Waals surface area contributed by atoms with Crippen molar-refractivity contribution in [1.82, 2.24) is 25.2 Å². The van der Waals surface area contributed by atoms with Gasteiger partial charge in [-0.25, -0.2) is 0 Å². The SMILES string of the molecule is CCCNC1CC2CCCC(C1)N2CCCn1ccnn1. The Kier molecular flexibility index (Phi) is 5.25. The van der Waals surface area contributed by atoms with Crippen molar-refractivity contribution in [3.05, 3.63) is 12.4 Å². The lowest BCUT2D eigenvalue weighted by molar-refractivity contribution is 0.0228. The van der Waals surface area contributed by atoms with Crippen LogP contribution in [0.1, 0.15) is 51.9 Å². The van der Waals surface area contributed by atoms with Crippen molar-refractivity contribution >= 4 is 0 Å². The van der Waals surface area contributed by atoms with E-state index in [0.29, 0.717) is 0 Å². The van der Waals surface area contributed by atoms with Gasteiger partial charge in [-0.15, -0.1) is 5.10 Å². The van der Waals surface area contributed by atoms with Crippen LogP contribution in [0.5, 0.6) is 0 Å². The van der Waals surface area contributed by atoms with Crippen LogP contribution in [-0.4, -0.2) is 51.1 Å². The molecule has 2 aliphatic heterocycles. The molecule has 0 spiro atoms. The Morgan fingerprint density at radius 2 is 2.00 bits per heavy atom. The number of nitrogens with zero attached hydrogens (tertiary/aromatic N) is 4. The number of aromatic nitrogens is 3. The molecule has 0 radical (unpaired) electrons. The van der Waals surface area contributed by atoms with E-state index in [1.165, 1.54) is 58.0 Å². The van der Waals surface area contributed by atoms with E-state index in [4.69, 9.17) is 0 Å². The Balaban J connectivity index is 1.49. The first-order valence-corrected chi connectivity index (χ1v) is 8.70. The standard InChI is InChI=1S/C16H29N5/c1-2-7-17-14-12-15-5-3-6-16(13-14)21(15)10-4-9-20-11-8-18-19-20/h8,11,14-17H,2-7,9-10,12-13H2,1H3. The fourth-order valence-electron chi connectivity index (χ4n) is 4.13. The normalized spacial score (nSPS) is 29.7. The fraction of sp³-hybridized carbons (Fsp3) is 0.875. The molecule has 0 aromatic carbocycles. The lowest BCUT2D eigenvalue weighted by Gasteiger charge is -2.49. The van der Waals surface area contributed by atoms with Crippen molar-refractivity contribution < 1.29 is 0 Å². The molecule has 2 saturated heterocycles. The smallest absolute Gasteiger partial charge is 0.0692 e. The molecule has 3 heterocycles. The zero-order valence-electron chi connectivity index (χ0n) is 13.2. The van der Waals surface area contributed by atoms with Crippen LogP contribution < -0.4 is 5.32 Å². The minimum absolute atomic E-state index is 0.756. The average Bonchev–Trinajstić information content (AvgIpc) is 2.98. The van der Waals surface area contributed by atoms with Crippen molar-refractivity contribution in [3.63, 3.8) is 0 Å². The maximum atomic E-state index is 4.06. The summed E-state index contributed by atoms with van der Waals surface area (Å²) in [4.78, 5) is 2.80. The molecular weight excluding hydrogens is 262 g/mol. The summed E-state index contributed by atoms with van der Waals surface area (Å²) in [5.74, 6) is 0. The van der Waals surface area contributed by atoms with E-state index in [1.54, 1.807) is 6.20 Å². The van der Waals surface area contributed by atoms with Crippen LogP contribution in [0.2, 0.25) is 0 Å². The van der Waals surface area contributed by atoms with E-state index in [9.17, 15) is 0 Å². The van der Waals surface area contributed by atoms with Gasteiger partial charge in [0.1, 0.15) is 0 Å². The molecule has 2 unspecified atom stereocenters. The monoisotopic (exact) mass is 291 g/mol. The summed E-state index contributed by atoms with van der Waals surface area (Å²) in [6, 6.07) is 2.37. The van der Waals surface area contributed by atoms with Crippen molar-refractivity contribution in [2.45, 2.75) is 76.5 Å². The van der Waals surface area contributed by atoms with Gasteiger partial charge in [0.2, 0.25) is 0 Å². The van der Waals surface area contributed by atoms with Crippen LogP contribution in [0.3, 0.4) is 0 Å². The van der Waals surface area contributed by atoms with Crippen LogP contribution in [-0.2, 0) is 6.54 Å². The molecule has 5 nitrogen and oxygen atoms in total. The van der Waals surface area contributed by atoms with Gasteiger partial charge in [-0.2, -0.15) is 0 Å². The highest BCUT2D eigenvalue weighted by atomic mass is 15.4. The summed E-state index contributed by atoms with van der Waals surface area (Å²) in [6.45, 7) is 5.65. The van der Waals surface area contributed by atoms with Gasteiger partial charge in [0, 0.05) is 37.4 Å². The van der Waals surface area contributed by atoms with Gasteiger partial charge in [-0.05, 0) is 45.1 Å². The molecule has 1 aromatic heterocycles. The molecule has 0 aliphatic carbocycles. The molecule has 2 fully saturated rings. The van der Waals surface area contributed by atoms with Crippen molar-refractivity contribution in [3.8, 4) is 0 Å². The van der Waals surface area contributed by atoms with E-state index >= 15 is 0 Å². The lowest BCUT2D eigenvalue weighted by Crippen LogP contribution is -2.56. The average molecular weight is 291 g/mol. The predicted molar refractivity (Wildman–Crippen MR) is 84.1 cm³/mol. The molecule has 2 bridgehead atoms. The molecule has 1 aromatic rings. The molecule has 1 N–H and O–H groups in total. The van der Waals surface area contributed by atoms with E-state index < -0.39 is 0 Å². The number of hydrogen-bond donors (Lipinski definition) is 1. The second-order valence-electron chi connectivity index (χ2n) is 6.62. The summed E-state index contributed by atoms with van der Waals surface area (Å²) in [5, 5.41) is 11.7. The molecule has 118 valence electrons. The molecule has 2 aliphatic rings.